The van der Waals surface area contributed by atoms with Crippen LogP contribution in [0.5, 0.6) is 5.88 Å². The number of rotatable bonds is 6. The van der Waals surface area contributed by atoms with E-state index in [4.69, 9.17) is 16.3 Å². The van der Waals surface area contributed by atoms with Gasteiger partial charge in [0.05, 0.1) is 25.2 Å². The second-order valence-electron chi connectivity index (χ2n) is 7.68. The zero-order valence-electron chi connectivity index (χ0n) is 17.9. The molecule has 0 saturated heterocycles. The topological polar surface area (TPSA) is 57.0 Å². The van der Waals surface area contributed by atoms with Gasteiger partial charge in [-0.25, -0.2) is 9.97 Å². The van der Waals surface area contributed by atoms with Gasteiger partial charge in [-0.1, -0.05) is 54.1 Å². The molecule has 0 spiro atoms. The van der Waals surface area contributed by atoms with Crippen molar-refractivity contribution in [2.75, 3.05) is 7.11 Å². The fourth-order valence-corrected chi connectivity index (χ4v) is 4.10. The minimum atomic E-state index is -0.0989. The Labute approximate surface area is 196 Å². The number of imidazole rings is 1. The van der Waals surface area contributed by atoms with Crippen molar-refractivity contribution in [3.8, 4) is 17.0 Å². The van der Waals surface area contributed by atoms with Gasteiger partial charge < -0.3 is 9.30 Å². The maximum absolute atomic E-state index is 13.5. The van der Waals surface area contributed by atoms with Gasteiger partial charge in [0.15, 0.2) is 0 Å². The summed E-state index contributed by atoms with van der Waals surface area (Å²) in [5.41, 5.74) is 4.75. The van der Waals surface area contributed by atoms with Gasteiger partial charge in [0, 0.05) is 28.6 Å². The van der Waals surface area contributed by atoms with Crippen LogP contribution in [-0.4, -0.2) is 27.4 Å². The lowest BCUT2D eigenvalue weighted by Crippen LogP contribution is -2.10. The minimum absolute atomic E-state index is 0.0989. The first-order chi connectivity index (χ1) is 16.1. The number of aromatic nitrogens is 3. The van der Waals surface area contributed by atoms with Crippen molar-refractivity contribution in [2.24, 2.45) is 0 Å². The normalized spacial score (nSPS) is 11.0. The Morgan fingerprint density at radius 1 is 1.00 bits per heavy atom. The van der Waals surface area contributed by atoms with E-state index in [1.807, 2.05) is 77.4 Å². The van der Waals surface area contributed by atoms with E-state index in [2.05, 4.69) is 9.97 Å². The van der Waals surface area contributed by atoms with Gasteiger partial charge in [0.1, 0.15) is 5.69 Å². The summed E-state index contributed by atoms with van der Waals surface area (Å²) in [6.07, 6.45) is 3.30. The van der Waals surface area contributed by atoms with Crippen molar-refractivity contribution >= 4 is 28.3 Å². The van der Waals surface area contributed by atoms with Crippen molar-refractivity contribution in [1.29, 1.82) is 0 Å². The van der Waals surface area contributed by atoms with E-state index in [0.29, 0.717) is 28.7 Å². The van der Waals surface area contributed by atoms with Crippen molar-refractivity contribution in [3.05, 3.63) is 113 Å². The summed E-state index contributed by atoms with van der Waals surface area (Å²) in [5.74, 6) is 0.399. The third-order valence-corrected chi connectivity index (χ3v) is 5.77. The SMILES string of the molecule is COc1cc(-c2cccc(Cl)c2)c2cc(C(=O)c3cncn3Cc3ccccc3)ccc2n1. The van der Waals surface area contributed by atoms with Crippen LogP contribution in [0.4, 0.5) is 0 Å². The number of carbonyl (C=O) groups is 1. The highest BCUT2D eigenvalue weighted by Crippen LogP contribution is 2.33. The van der Waals surface area contributed by atoms with E-state index < -0.39 is 0 Å². The number of benzene rings is 3. The molecule has 0 bridgehead atoms. The Morgan fingerprint density at radius 2 is 1.85 bits per heavy atom. The average Bonchev–Trinajstić information content (AvgIpc) is 3.31. The standard InChI is InChI=1S/C27H20ClN3O2/c1-33-26-14-22(19-8-5-9-21(28)12-19)23-13-20(10-11-24(23)30-26)27(32)25-15-29-17-31(25)16-18-6-3-2-4-7-18/h2-15,17H,16H2,1H3. The first kappa shape index (κ1) is 20.9. The van der Waals surface area contributed by atoms with Crippen LogP contribution < -0.4 is 4.74 Å². The van der Waals surface area contributed by atoms with E-state index >= 15 is 0 Å². The molecular formula is C27H20ClN3O2. The van der Waals surface area contributed by atoms with Gasteiger partial charge in [0.2, 0.25) is 11.7 Å². The highest BCUT2D eigenvalue weighted by atomic mass is 35.5. The first-order valence-corrected chi connectivity index (χ1v) is 10.8. The summed E-state index contributed by atoms with van der Waals surface area (Å²) in [5, 5.41) is 1.48. The molecule has 0 aliphatic rings. The highest BCUT2D eigenvalue weighted by molar-refractivity contribution is 6.31. The fourth-order valence-electron chi connectivity index (χ4n) is 3.91. The molecule has 5 rings (SSSR count). The zero-order valence-corrected chi connectivity index (χ0v) is 18.7. The Hall–Kier alpha value is -3.96. The molecule has 0 fully saturated rings. The predicted molar refractivity (Wildman–Crippen MR) is 130 cm³/mol. The van der Waals surface area contributed by atoms with Gasteiger partial charge in [-0.2, -0.15) is 0 Å². The van der Waals surface area contributed by atoms with Gasteiger partial charge >= 0.3 is 0 Å². The molecule has 0 unspecified atom stereocenters. The summed E-state index contributed by atoms with van der Waals surface area (Å²) >= 11 is 6.24. The maximum atomic E-state index is 13.5. The molecule has 0 radical (unpaired) electrons. The number of halogens is 1. The van der Waals surface area contributed by atoms with Crippen molar-refractivity contribution in [2.45, 2.75) is 6.54 Å². The van der Waals surface area contributed by atoms with E-state index in [0.717, 1.165) is 27.6 Å². The monoisotopic (exact) mass is 453 g/mol. The van der Waals surface area contributed by atoms with Crippen LogP contribution >= 0.6 is 11.6 Å². The lowest BCUT2D eigenvalue weighted by molar-refractivity contribution is 0.103. The van der Waals surface area contributed by atoms with Crippen molar-refractivity contribution < 1.29 is 9.53 Å². The van der Waals surface area contributed by atoms with Crippen LogP contribution in [0.25, 0.3) is 22.0 Å². The molecule has 5 aromatic rings. The van der Waals surface area contributed by atoms with Crippen LogP contribution in [-0.2, 0) is 6.54 Å². The second-order valence-corrected chi connectivity index (χ2v) is 8.11. The van der Waals surface area contributed by atoms with Crippen LogP contribution in [0.2, 0.25) is 5.02 Å². The Bertz CT molecular complexity index is 1460. The number of ketones is 1. The van der Waals surface area contributed by atoms with Gasteiger partial charge in [-0.3, -0.25) is 4.79 Å². The smallest absolute Gasteiger partial charge is 0.214 e. The molecule has 0 aliphatic carbocycles. The third kappa shape index (κ3) is 4.23. The van der Waals surface area contributed by atoms with Crippen molar-refractivity contribution in [3.63, 3.8) is 0 Å². The number of methoxy groups -OCH3 is 1. The first-order valence-electron chi connectivity index (χ1n) is 10.5. The number of fused-ring (bicyclic) bond motifs is 1. The molecule has 0 aliphatic heterocycles. The Morgan fingerprint density at radius 3 is 2.64 bits per heavy atom. The average molecular weight is 454 g/mol. The summed E-state index contributed by atoms with van der Waals surface area (Å²) in [4.78, 5) is 22.2. The predicted octanol–water partition coefficient (Wildman–Crippen LogP) is 6.04. The molecule has 33 heavy (non-hydrogen) atoms. The summed E-state index contributed by atoms with van der Waals surface area (Å²) in [7, 11) is 1.59. The minimum Gasteiger partial charge on any atom is -0.481 e. The number of pyridine rings is 1. The maximum Gasteiger partial charge on any atom is 0.214 e. The fraction of sp³-hybridized carbons (Fsp3) is 0.0741. The largest absolute Gasteiger partial charge is 0.481 e. The lowest BCUT2D eigenvalue weighted by Gasteiger charge is -2.12. The molecule has 2 heterocycles. The molecule has 3 aromatic carbocycles. The molecule has 0 saturated carbocycles. The quantitative estimate of drug-likeness (QED) is 0.294. The molecule has 2 aromatic heterocycles. The second kappa shape index (κ2) is 8.88. The molecule has 0 atom stereocenters. The van der Waals surface area contributed by atoms with Crippen LogP contribution in [0.1, 0.15) is 21.6 Å². The number of hydrogen-bond donors (Lipinski definition) is 0. The highest BCUT2D eigenvalue weighted by Gasteiger charge is 2.17. The van der Waals surface area contributed by atoms with E-state index in [1.54, 1.807) is 25.7 Å². The number of carbonyl (C=O) groups excluding carboxylic acids is 1. The summed E-state index contributed by atoms with van der Waals surface area (Å²) in [6, 6.07) is 25.0. The van der Waals surface area contributed by atoms with Crippen LogP contribution in [0, 0.1) is 0 Å². The Kier molecular flexibility index (Phi) is 5.63. The van der Waals surface area contributed by atoms with Crippen LogP contribution in [0.3, 0.4) is 0 Å². The van der Waals surface area contributed by atoms with Gasteiger partial charge in [-0.05, 0) is 47.0 Å². The number of nitrogens with zero attached hydrogens (tertiary/aromatic N) is 3. The molecule has 0 N–H and O–H groups in total. The lowest BCUT2D eigenvalue weighted by atomic mass is 9.98. The van der Waals surface area contributed by atoms with Crippen molar-refractivity contribution in [1.82, 2.24) is 14.5 Å². The number of hydrogen-bond acceptors (Lipinski definition) is 4. The van der Waals surface area contributed by atoms with E-state index in [1.165, 1.54) is 0 Å². The molecule has 162 valence electrons. The van der Waals surface area contributed by atoms with E-state index in [9.17, 15) is 4.79 Å². The van der Waals surface area contributed by atoms with Crippen LogP contribution in [0.15, 0.2) is 91.4 Å². The van der Waals surface area contributed by atoms with Gasteiger partial charge in [-0.15, -0.1) is 0 Å². The molecule has 5 nitrogen and oxygen atoms in total. The molecular weight excluding hydrogens is 434 g/mol. The molecule has 0 amide bonds. The zero-order chi connectivity index (χ0) is 22.8. The summed E-state index contributed by atoms with van der Waals surface area (Å²) < 4.78 is 7.27. The third-order valence-electron chi connectivity index (χ3n) is 5.53. The van der Waals surface area contributed by atoms with Gasteiger partial charge in [0.25, 0.3) is 0 Å². The summed E-state index contributed by atoms with van der Waals surface area (Å²) in [6.45, 7) is 0.571. The Balaban J connectivity index is 1.58. The molecule has 6 heteroatoms. The van der Waals surface area contributed by atoms with E-state index in [-0.39, 0.29) is 5.78 Å². The number of ether oxygens (including phenoxy) is 1.